The third-order valence-electron chi connectivity index (χ3n) is 6.07. The summed E-state index contributed by atoms with van der Waals surface area (Å²) in [4.78, 5) is 13.7. The van der Waals surface area contributed by atoms with Gasteiger partial charge in [0.15, 0.2) is 5.76 Å². The second-order valence-corrected chi connectivity index (χ2v) is 9.02. The number of fused-ring (bicyclic) bond motifs is 1. The Balaban J connectivity index is 1.97. The minimum Gasteiger partial charge on any atom is -0.508 e. The number of phenolic OH excluding ortho intramolecular Hbond substituents is 3. The molecule has 0 aliphatic carbocycles. The van der Waals surface area contributed by atoms with Crippen LogP contribution in [0.4, 0.5) is 0 Å². The molecule has 1 saturated heterocycles. The van der Waals surface area contributed by atoms with Crippen LogP contribution in [0.15, 0.2) is 51.2 Å². The molecule has 0 saturated carbocycles. The zero-order chi connectivity index (χ0) is 26.3. The number of allylic oxidation sites excluding steroid dienone is 2. The summed E-state index contributed by atoms with van der Waals surface area (Å²) in [6.07, 6.45) is -5.16. The van der Waals surface area contributed by atoms with Gasteiger partial charge in [-0.2, -0.15) is 0 Å². The zero-order valence-corrected chi connectivity index (χ0v) is 19.9. The molecule has 192 valence electrons. The molecule has 36 heavy (non-hydrogen) atoms. The summed E-state index contributed by atoms with van der Waals surface area (Å²) in [5.41, 5.74) is 0.624. The lowest BCUT2D eigenvalue weighted by Gasteiger charge is -2.38. The first kappa shape index (κ1) is 25.5. The van der Waals surface area contributed by atoms with Crippen molar-refractivity contribution in [2.45, 2.75) is 57.9 Å². The predicted molar refractivity (Wildman–Crippen MR) is 129 cm³/mol. The second kappa shape index (κ2) is 9.82. The maximum atomic E-state index is 13.7. The standard InChI is InChI=1S/C26H28O10/c1-11(2)4-9-15-16(28)10-17(29)18-20(31)25(36-26-22(33)21(32)19(30)12(3)34-26)23(35-24(15)18)13-5-7-14(27)8-6-13/h4-8,10,12,19,21-22,26-30,32-33H,9H2,1-3H3/t12?,19-,21?,22-,26-/m0/s1. The van der Waals surface area contributed by atoms with E-state index in [0.717, 1.165) is 11.6 Å². The Morgan fingerprint density at radius 1 is 1.00 bits per heavy atom. The molecule has 2 heterocycles. The molecule has 2 aromatic carbocycles. The minimum atomic E-state index is -1.71. The van der Waals surface area contributed by atoms with E-state index in [4.69, 9.17) is 13.9 Å². The molecule has 0 bridgehead atoms. The third kappa shape index (κ3) is 4.63. The predicted octanol–water partition coefficient (Wildman–Crippen LogP) is 2.29. The minimum absolute atomic E-state index is 0.0409. The number of rotatable bonds is 5. The van der Waals surface area contributed by atoms with Gasteiger partial charge in [0, 0.05) is 17.2 Å². The van der Waals surface area contributed by atoms with Gasteiger partial charge in [0.2, 0.25) is 17.5 Å². The third-order valence-corrected chi connectivity index (χ3v) is 6.07. The van der Waals surface area contributed by atoms with Gasteiger partial charge in [-0.15, -0.1) is 0 Å². The number of aliphatic hydroxyl groups is 3. The van der Waals surface area contributed by atoms with E-state index in [-0.39, 0.29) is 40.2 Å². The molecule has 10 heteroatoms. The summed E-state index contributed by atoms with van der Waals surface area (Å²) in [7, 11) is 0. The van der Waals surface area contributed by atoms with Crippen LogP contribution in [-0.4, -0.2) is 61.3 Å². The lowest BCUT2D eigenvalue weighted by atomic mass is 10.00. The molecule has 6 N–H and O–H groups in total. The highest BCUT2D eigenvalue weighted by atomic mass is 16.7. The SMILES string of the molecule is CC(C)=CCc1c(O)cc(O)c2c(=O)c(O[C@@H]3OC(C)[C@H](O)C(O)[C@@H]3O)c(-c3ccc(O)cc3)oc12. The van der Waals surface area contributed by atoms with Crippen molar-refractivity contribution in [2.24, 2.45) is 0 Å². The average Bonchev–Trinajstić information content (AvgIpc) is 2.82. The second-order valence-electron chi connectivity index (χ2n) is 9.02. The summed E-state index contributed by atoms with van der Waals surface area (Å²) < 4.78 is 17.3. The van der Waals surface area contributed by atoms with Gasteiger partial charge in [0.1, 0.15) is 46.5 Å². The summed E-state index contributed by atoms with van der Waals surface area (Å²) in [6, 6.07) is 6.68. The molecule has 1 aliphatic rings. The molecule has 5 atom stereocenters. The number of ether oxygens (including phenoxy) is 2. The smallest absolute Gasteiger partial charge is 0.239 e. The number of hydrogen-bond donors (Lipinski definition) is 6. The summed E-state index contributed by atoms with van der Waals surface area (Å²) in [5.74, 6) is -1.43. The fourth-order valence-corrected chi connectivity index (χ4v) is 4.01. The summed E-state index contributed by atoms with van der Waals surface area (Å²) in [6.45, 7) is 5.20. The van der Waals surface area contributed by atoms with Gasteiger partial charge in [-0.25, -0.2) is 0 Å². The van der Waals surface area contributed by atoms with Crippen LogP contribution in [0.2, 0.25) is 0 Å². The first-order valence-corrected chi connectivity index (χ1v) is 11.3. The van der Waals surface area contributed by atoms with E-state index in [9.17, 15) is 35.4 Å². The monoisotopic (exact) mass is 500 g/mol. The van der Waals surface area contributed by atoms with E-state index in [1.54, 1.807) is 0 Å². The Hall–Kier alpha value is -3.57. The largest absolute Gasteiger partial charge is 0.508 e. The molecule has 0 radical (unpaired) electrons. The first-order chi connectivity index (χ1) is 17.0. The fraction of sp³-hybridized carbons (Fsp3) is 0.346. The van der Waals surface area contributed by atoms with Crippen molar-refractivity contribution < 1.29 is 44.5 Å². The van der Waals surface area contributed by atoms with Crippen LogP contribution < -0.4 is 10.2 Å². The highest BCUT2D eigenvalue weighted by Crippen LogP contribution is 2.40. The fourth-order valence-electron chi connectivity index (χ4n) is 4.01. The van der Waals surface area contributed by atoms with Gasteiger partial charge < -0.3 is 44.5 Å². The van der Waals surface area contributed by atoms with Crippen molar-refractivity contribution in [3.05, 3.63) is 57.8 Å². The highest BCUT2D eigenvalue weighted by molar-refractivity contribution is 5.91. The Morgan fingerprint density at radius 2 is 1.67 bits per heavy atom. The van der Waals surface area contributed by atoms with Gasteiger partial charge >= 0.3 is 0 Å². The molecule has 0 amide bonds. The number of benzene rings is 2. The van der Waals surface area contributed by atoms with Gasteiger partial charge in [-0.05, 0) is 51.5 Å². The van der Waals surface area contributed by atoms with Crippen LogP contribution in [0, 0.1) is 0 Å². The molecule has 0 spiro atoms. The lowest BCUT2D eigenvalue weighted by Crippen LogP contribution is -2.58. The normalized spacial score (nSPS) is 24.0. The van der Waals surface area contributed by atoms with Gasteiger partial charge in [-0.1, -0.05) is 11.6 Å². The molecule has 3 aromatic rings. The molecule has 10 nitrogen and oxygen atoms in total. The van der Waals surface area contributed by atoms with Gasteiger partial charge in [-0.3, -0.25) is 4.79 Å². The maximum Gasteiger partial charge on any atom is 0.239 e. The van der Waals surface area contributed by atoms with Crippen LogP contribution >= 0.6 is 0 Å². The van der Waals surface area contributed by atoms with E-state index in [1.807, 2.05) is 19.9 Å². The van der Waals surface area contributed by atoms with Crippen molar-refractivity contribution >= 4 is 11.0 Å². The summed E-state index contributed by atoms with van der Waals surface area (Å²) >= 11 is 0. The average molecular weight is 501 g/mol. The lowest BCUT2D eigenvalue weighted by molar-refractivity contribution is -0.268. The van der Waals surface area contributed by atoms with Crippen LogP contribution in [0.5, 0.6) is 23.0 Å². The van der Waals surface area contributed by atoms with E-state index in [2.05, 4.69) is 0 Å². The number of hydrogen-bond acceptors (Lipinski definition) is 10. The molecule has 1 aromatic heterocycles. The quantitative estimate of drug-likeness (QED) is 0.286. The van der Waals surface area contributed by atoms with E-state index < -0.39 is 47.6 Å². The maximum absolute atomic E-state index is 13.7. The Morgan fingerprint density at radius 3 is 2.31 bits per heavy atom. The van der Waals surface area contributed by atoms with E-state index >= 15 is 0 Å². The molecular weight excluding hydrogens is 472 g/mol. The molecular formula is C26H28O10. The zero-order valence-electron chi connectivity index (χ0n) is 19.9. The van der Waals surface area contributed by atoms with Crippen molar-refractivity contribution in [1.82, 2.24) is 0 Å². The van der Waals surface area contributed by atoms with Gasteiger partial charge in [0.25, 0.3) is 0 Å². The number of aliphatic hydroxyl groups excluding tert-OH is 3. The van der Waals surface area contributed by atoms with Crippen LogP contribution in [-0.2, 0) is 11.2 Å². The molecule has 1 aliphatic heterocycles. The highest BCUT2D eigenvalue weighted by Gasteiger charge is 2.44. The van der Waals surface area contributed by atoms with E-state index in [1.165, 1.54) is 31.2 Å². The van der Waals surface area contributed by atoms with Crippen LogP contribution in [0.25, 0.3) is 22.3 Å². The van der Waals surface area contributed by atoms with Crippen LogP contribution in [0.1, 0.15) is 26.3 Å². The molecule has 1 fully saturated rings. The van der Waals surface area contributed by atoms with Gasteiger partial charge in [0.05, 0.1) is 6.10 Å². The van der Waals surface area contributed by atoms with Crippen molar-refractivity contribution in [3.8, 4) is 34.3 Å². The van der Waals surface area contributed by atoms with Crippen molar-refractivity contribution in [3.63, 3.8) is 0 Å². The molecule has 4 rings (SSSR count). The first-order valence-electron chi connectivity index (χ1n) is 11.3. The summed E-state index contributed by atoms with van der Waals surface area (Å²) in [5, 5.41) is 61.1. The van der Waals surface area contributed by atoms with Crippen molar-refractivity contribution in [1.29, 1.82) is 0 Å². The van der Waals surface area contributed by atoms with Crippen molar-refractivity contribution in [2.75, 3.05) is 0 Å². The number of aromatic hydroxyl groups is 3. The molecule has 2 unspecified atom stereocenters. The Labute approximate surface area is 205 Å². The Bertz CT molecular complexity index is 1350. The van der Waals surface area contributed by atoms with E-state index in [0.29, 0.717) is 5.56 Å². The van der Waals surface area contributed by atoms with Crippen LogP contribution in [0.3, 0.4) is 0 Å². The topological polar surface area (TPSA) is 170 Å². The number of phenols is 3. The Kier molecular flexibility index (Phi) is 6.96.